The molecule has 2 nitrogen and oxygen atoms in total. The van der Waals surface area contributed by atoms with Gasteiger partial charge in [-0.2, -0.15) is 0 Å². The summed E-state index contributed by atoms with van der Waals surface area (Å²) < 4.78 is 12.3. The third-order valence-electron chi connectivity index (χ3n) is 5.78. The van der Waals surface area contributed by atoms with Crippen molar-refractivity contribution >= 4 is 10.8 Å². The van der Waals surface area contributed by atoms with Crippen molar-refractivity contribution in [3.8, 4) is 0 Å². The fourth-order valence-electron chi connectivity index (χ4n) is 4.49. The molecule has 3 heteroatoms. The van der Waals surface area contributed by atoms with Crippen LogP contribution in [-0.2, 0) is 10.8 Å². The highest BCUT2D eigenvalue weighted by Crippen LogP contribution is 2.44. The fraction of sp³-hybridized carbons (Fsp3) is 1.00. The Labute approximate surface area is 126 Å². The number of hydrogen-bond acceptors (Lipinski definition) is 2. The second kappa shape index (κ2) is 6.91. The topological polar surface area (TPSA) is 29.1 Å². The van der Waals surface area contributed by atoms with Crippen LogP contribution in [0.5, 0.6) is 0 Å². The number of nitrogens with one attached hydrogen (secondary N) is 1. The Morgan fingerprint density at radius 2 is 1.75 bits per heavy atom. The Balaban J connectivity index is 1.55. The third-order valence-corrected chi connectivity index (χ3v) is 7.59. The van der Waals surface area contributed by atoms with Crippen molar-refractivity contribution in [3.63, 3.8) is 0 Å². The average molecular weight is 298 g/mol. The Kier molecular flexibility index (Phi) is 5.19. The van der Waals surface area contributed by atoms with Crippen molar-refractivity contribution in [2.24, 2.45) is 11.8 Å². The molecule has 3 saturated carbocycles. The molecule has 0 aliphatic heterocycles. The molecule has 5 atom stereocenters. The van der Waals surface area contributed by atoms with Crippen molar-refractivity contribution in [1.82, 2.24) is 5.32 Å². The summed E-state index contributed by atoms with van der Waals surface area (Å²) in [6.07, 6.45) is 13.6. The lowest BCUT2D eigenvalue weighted by atomic mass is 9.82. The molecule has 0 aromatic heterocycles. The van der Waals surface area contributed by atoms with E-state index in [2.05, 4.69) is 12.2 Å². The zero-order chi connectivity index (χ0) is 13.9. The van der Waals surface area contributed by atoms with Crippen LogP contribution in [0.25, 0.3) is 0 Å². The summed E-state index contributed by atoms with van der Waals surface area (Å²) in [6.45, 7) is 2.07. The zero-order valence-corrected chi connectivity index (χ0v) is 13.8. The molecule has 0 spiro atoms. The summed E-state index contributed by atoms with van der Waals surface area (Å²) >= 11 is 0. The van der Waals surface area contributed by atoms with E-state index in [-0.39, 0.29) is 0 Å². The van der Waals surface area contributed by atoms with Crippen LogP contribution in [0.2, 0.25) is 0 Å². The molecule has 3 aliphatic carbocycles. The smallest absolute Gasteiger partial charge is 0.0501 e. The Bertz CT molecular complexity index is 342. The van der Waals surface area contributed by atoms with E-state index in [0.717, 1.165) is 17.6 Å². The predicted octanol–water partition coefficient (Wildman–Crippen LogP) is 3.62. The standard InChI is InChI=1S/C17H31NOS/c1-2-20(19)17-9-4-3-8-16(17)18-15-7-5-6-14(12-15)13-10-11-13/h13-18H,2-12H2,1H3/t14-,15+,16+,17-,20+/m1/s1. The van der Waals surface area contributed by atoms with Gasteiger partial charge in [-0.1, -0.05) is 32.6 Å². The summed E-state index contributed by atoms with van der Waals surface area (Å²) in [5, 5.41) is 4.37. The van der Waals surface area contributed by atoms with E-state index in [0.29, 0.717) is 17.3 Å². The number of hydrogen-bond donors (Lipinski definition) is 1. The van der Waals surface area contributed by atoms with Gasteiger partial charge in [0.15, 0.2) is 0 Å². The lowest BCUT2D eigenvalue weighted by Crippen LogP contribution is -2.50. The Morgan fingerprint density at radius 3 is 2.50 bits per heavy atom. The summed E-state index contributed by atoms with van der Waals surface area (Å²) in [7, 11) is -0.616. The van der Waals surface area contributed by atoms with Crippen molar-refractivity contribution < 1.29 is 4.21 Å². The molecule has 0 bridgehead atoms. The van der Waals surface area contributed by atoms with Crippen molar-refractivity contribution in [3.05, 3.63) is 0 Å². The highest BCUT2D eigenvalue weighted by atomic mass is 32.2. The third kappa shape index (κ3) is 3.65. The second-order valence-corrected chi connectivity index (χ2v) is 9.17. The first-order valence-corrected chi connectivity index (χ1v) is 10.3. The highest BCUT2D eigenvalue weighted by molar-refractivity contribution is 7.85. The lowest BCUT2D eigenvalue weighted by Gasteiger charge is -2.37. The van der Waals surface area contributed by atoms with Gasteiger partial charge >= 0.3 is 0 Å². The number of rotatable bonds is 5. The van der Waals surface area contributed by atoms with Crippen LogP contribution < -0.4 is 5.32 Å². The van der Waals surface area contributed by atoms with Crippen LogP contribution in [-0.4, -0.2) is 27.3 Å². The molecule has 1 N–H and O–H groups in total. The van der Waals surface area contributed by atoms with Gasteiger partial charge in [-0.05, 0) is 50.4 Å². The highest BCUT2D eigenvalue weighted by Gasteiger charge is 2.36. The lowest BCUT2D eigenvalue weighted by molar-refractivity contribution is 0.231. The van der Waals surface area contributed by atoms with Gasteiger partial charge in [0.05, 0.1) is 5.25 Å². The van der Waals surface area contributed by atoms with Gasteiger partial charge in [0.1, 0.15) is 0 Å². The van der Waals surface area contributed by atoms with E-state index < -0.39 is 10.8 Å². The van der Waals surface area contributed by atoms with Crippen LogP contribution in [0.15, 0.2) is 0 Å². The molecule has 3 rings (SSSR count). The predicted molar refractivity (Wildman–Crippen MR) is 86.3 cm³/mol. The first kappa shape index (κ1) is 15.0. The SMILES string of the molecule is CC[S@](=O)[C@@H]1CCCC[C@@H]1N[C@H]1CCC[C@@H](C2CC2)C1. The Morgan fingerprint density at radius 1 is 0.950 bits per heavy atom. The van der Waals surface area contributed by atoms with Gasteiger partial charge < -0.3 is 5.32 Å². The summed E-state index contributed by atoms with van der Waals surface area (Å²) in [5.74, 6) is 2.89. The minimum Gasteiger partial charge on any atom is -0.310 e. The quantitative estimate of drug-likeness (QED) is 0.839. The van der Waals surface area contributed by atoms with E-state index in [4.69, 9.17) is 0 Å². The summed E-state index contributed by atoms with van der Waals surface area (Å²) in [6, 6.07) is 1.25. The molecule has 0 saturated heterocycles. The van der Waals surface area contributed by atoms with Crippen molar-refractivity contribution in [1.29, 1.82) is 0 Å². The molecule has 0 aromatic rings. The van der Waals surface area contributed by atoms with Crippen LogP contribution in [0.3, 0.4) is 0 Å². The van der Waals surface area contributed by atoms with Crippen LogP contribution in [0, 0.1) is 11.8 Å². The van der Waals surface area contributed by atoms with E-state index in [1.807, 2.05) is 0 Å². The van der Waals surface area contributed by atoms with E-state index in [9.17, 15) is 4.21 Å². The van der Waals surface area contributed by atoms with Gasteiger partial charge in [0, 0.05) is 28.6 Å². The van der Waals surface area contributed by atoms with Crippen molar-refractivity contribution in [2.45, 2.75) is 88.5 Å². The molecule has 0 unspecified atom stereocenters. The second-order valence-electron chi connectivity index (χ2n) is 7.23. The molecule has 3 fully saturated rings. The van der Waals surface area contributed by atoms with E-state index in [1.54, 1.807) is 0 Å². The monoisotopic (exact) mass is 297 g/mol. The van der Waals surface area contributed by atoms with Gasteiger partial charge in [-0.15, -0.1) is 0 Å². The summed E-state index contributed by atoms with van der Waals surface area (Å²) in [5.41, 5.74) is 0. The normalized spacial score (nSPS) is 40.5. The van der Waals surface area contributed by atoms with Gasteiger partial charge in [0.25, 0.3) is 0 Å². The van der Waals surface area contributed by atoms with Crippen molar-refractivity contribution in [2.75, 3.05) is 5.75 Å². The van der Waals surface area contributed by atoms with Crippen LogP contribution >= 0.6 is 0 Å². The maximum absolute atomic E-state index is 12.3. The minimum absolute atomic E-state index is 0.426. The molecule has 20 heavy (non-hydrogen) atoms. The van der Waals surface area contributed by atoms with E-state index in [1.165, 1.54) is 64.2 Å². The molecule has 116 valence electrons. The van der Waals surface area contributed by atoms with Crippen LogP contribution in [0.4, 0.5) is 0 Å². The van der Waals surface area contributed by atoms with Gasteiger partial charge in [-0.3, -0.25) is 4.21 Å². The minimum atomic E-state index is -0.616. The maximum Gasteiger partial charge on any atom is 0.0501 e. The molecule has 0 heterocycles. The molecule has 0 amide bonds. The fourth-order valence-corrected chi connectivity index (χ4v) is 5.93. The van der Waals surface area contributed by atoms with E-state index >= 15 is 0 Å². The Hall–Kier alpha value is 0.110. The molecule has 3 aliphatic rings. The molecular formula is C17H31NOS. The molecule has 0 radical (unpaired) electrons. The van der Waals surface area contributed by atoms with Gasteiger partial charge in [0.2, 0.25) is 0 Å². The van der Waals surface area contributed by atoms with Gasteiger partial charge in [-0.25, -0.2) is 0 Å². The van der Waals surface area contributed by atoms with Crippen LogP contribution in [0.1, 0.15) is 71.1 Å². The molecule has 0 aromatic carbocycles. The average Bonchev–Trinajstić information content (AvgIpc) is 3.32. The maximum atomic E-state index is 12.3. The first-order chi connectivity index (χ1) is 9.78. The zero-order valence-electron chi connectivity index (χ0n) is 13.0. The summed E-state index contributed by atoms with van der Waals surface area (Å²) in [4.78, 5) is 0. The largest absolute Gasteiger partial charge is 0.310 e. The molecular weight excluding hydrogens is 266 g/mol. The first-order valence-electron chi connectivity index (χ1n) is 8.91.